The summed E-state index contributed by atoms with van der Waals surface area (Å²) in [6, 6.07) is 2.67. The van der Waals surface area contributed by atoms with Gasteiger partial charge < -0.3 is 10.0 Å². The fraction of sp³-hybridized carbons (Fsp3) is 0.462. The number of sulfone groups is 1. The number of nitro benzene ring substituents is 1. The van der Waals surface area contributed by atoms with Crippen molar-refractivity contribution in [3.63, 3.8) is 0 Å². The molecule has 1 N–H and O–H groups in total. The predicted molar refractivity (Wildman–Crippen MR) is 78.8 cm³/mol. The fourth-order valence-corrected chi connectivity index (χ4v) is 3.53. The highest BCUT2D eigenvalue weighted by atomic mass is 32.2. The van der Waals surface area contributed by atoms with Gasteiger partial charge in [0.2, 0.25) is 0 Å². The molecule has 1 fully saturated rings. The number of non-ortho nitro benzene ring substituents is 1. The second-order valence-electron chi connectivity index (χ2n) is 5.22. The number of benzene rings is 1. The van der Waals surface area contributed by atoms with E-state index < -0.39 is 26.8 Å². The quantitative estimate of drug-likeness (QED) is 0.656. The molecule has 1 aromatic carbocycles. The lowest BCUT2D eigenvalue weighted by Gasteiger charge is -2.35. The highest BCUT2D eigenvalue weighted by Gasteiger charge is 2.32. The molecule has 0 aliphatic carbocycles. The van der Waals surface area contributed by atoms with Crippen molar-refractivity contribution in [2.45, 2.75) is 30.2 Å². The van der Waals surface area contributed by atoms with Crippen molar-refractivity contribution in [2.24, 2.45) is 0 Å². The van der Waals surface area contributed by atoms with Crippen LogP contribution in [0, 0.1) is 10.1 Å². The first kappa shape index (κ1) is 16.2. The Morgan fingerprint density at radius 3 is 2.64 bits per heavy atom. The van der Waals surface area contributed by atoms with Crippen LogP contribution in [0.25, 0.3) is 0 Å². The van der Waals surface area contributed by atoms with Crippen molar-refractivity contribution < 1.29 is 23.2 Å². The first-order valence-electron chi connectivity index (χ1n) is 6.70. The molecule has 2 rings (SSSR count). The summed E-state index contributed by atoms with van der Waals surface area (Å²) >= 11 is 0. The molecular weight excluding hydrogens is 312 g/mol. The number of rotatable bonds is 4. The Kier molecular flexibility index (Phi) is 4.36. The molecule has 0 spiro atoms. The van der Waals surface area contributed by atoms with Gasteiger partial charge in [-0.3, -0.25) is 10.1 Å². The predicted octanol–water partition coefficient (Wildman–Crippen LogP) is 1.44. The zero-order valence-corrected chi connectivity index (χ0v) is 12.7. The Bertz CT molecular complexity index is 715. The Balaban J connectivity index is 2.58. The van der Waals surface area contributed by atoms with Crippen LogP contribution in [-0.2, 0) is 14.6 Å². The maximum atomic E-state index is 12.0. The maximum absolute atomic E-state index is 12.0. The number of anilines is 1. The molecule has 1 heterocycles. The third kappa shape index (κ3) is 3.19. The van der Waals surface area contributed by atoms with Gasteiger partial charge in [0.1, 0.15) is 6.04 Å². The highest BCUT2D eigenvalue weighted by molar-refractivity contribution is 7.90. The van der Waals surface area contributed by atoms with Crippen LogP contribution in [0.5, 0.6) is 0 Å². The Hall–Kier alpha value is -2.16. The first-order valence-corrected chi connectivity index (χ1v) is 8.59. The van der Waals surface area contributed by atoms with Gasteiger partial charge in [-0.15, -0.1) is 0 Å². The second-order valence-corrected chi connectivity index (χ2v) is 7.21. The number of nitrogens with zero attached hydrogens (tertiary/aromatic N) is 2. The van der Waals surface area contributed by atoms with Gasteiger partial charge in [-0.1, -0.05) is 0 Å². The molecule has 9 heteroatoms. The second kappa shape index (κ2) is 5.91. The molecule has 0 saturated carbocycles. The molecule has 1 saturated heterocycles. The van der Waals surface area contributed by atoms with E-state index in [-0.39, 0.29) is 16.3 Å². The summed E-state index contributed by atoms with van der Waals surface area (Å²) in [5.41, 5.74) is -0.131. The van der Waals surface area contributed by atoms with E-state index in [1.807, 2.05) is 0 Å². The van der Waals surface area contributed by atoms with Gasteiger partial charge >= 0.3 is 5.97 Å². The van der Waals surface area contributed by atoms with Crippen molar-refractivity contribution >= 4 is 27.2 Å². The molecule has 0 unspecified atom stereocenters. The summed E-state index contributed by atoms with van der Waals surface area (Å²) in [4.78, 5) is 22.8. The van der Waals surface area contributed by atoms with Gasteiger partial charge in [0.25, 0.3) is 5.69 Å². The summed E-state index contributed by atoms with van der Waals surface area (Å²) < 4.78 is 23.9. The molecule has 8 nitrogen and oxygen atoms in total. The molecule has 0 radical (unpaired) electrons. The largest absolute Gasteiger partial charge is 0.480 e. The number of nitro groups is 1. The van der Waals surface area contributed by atoms with Crippen molar-refractivity contribution in [2.75, 3.05) is 17.7 Å². The van der Waals surface area contributed by atoms with Gasteiger partial charge in [0.15, 0.2) is 9.84 Å². The van der Waals surface area contributed by atoms with Crippen molar-refractivity contribution in [3.05, 3.63) is 28.3 Å². The summed E-state index contributed by atoms with van der Waals surface area (Å²) in [5.74, 6) is -1.03. The van der Waals surface area contributed by atoms with Gasteiger partial charge in [-0.05, 0) is 25.3 Å². The molecule has 0 amide bonds. The Morgan fingerprint density at radius 1 is 1.41 bits per heavy atom. The standard InChI is InChI=1S/C13H16N2O6S/c1-22(20,21)12-8-9(15(18)19)5-6-10(12)14-7-3-2-4-11(14)13(16)17/h5-6,8,11H,2-4,7H2,1H3,(H,16,17)/t11-/m0/s1. The van der Waals surface area contributed by atoms with E-state index in [1.165, 1.54) is 17.0 Å². The molecular formula is C13H16N2O6S. The van der Waals surface area contributed by atoms with Crippen LogP contribution in [0.3, 0.4) is 0 Å². The molecule has 120 valence electrons. The van der Waals surface area contributed by atoms with Crippen LogP contribution in [0.4, 0.5) is 11.4 Å². The van der Waals surface area contributed by atoms with E-state index in [1.54, 1.807) is 0 Å². The van der Waals surface area contributed by atoms with Gasteiger partial charge in [0.05, 0.1) is 15.5 Å². The zero-order chi connectivity index (χ0) is 16.5. The SMILES string of the molecule is CS(=O)(=O)c1cc([N+](=O)[O-])ccc1N1CCCC[C@H]1C(=O)O. The summed E-state index contributed by atoms with van der Waals surface area (Å²) in [7, 11) is -3.73. The average molecular weight is 328 g/mol. The van der Waals surface area contributed by atoms with E-state index in [0.29, 0.717) is 13.0 Å². The van der Waals surface area contributed by atoms with Crippen molar-refractivity contribution in [1.82, 2.24) is 0 Å². The number of carbonyl (C=O) groups is 1. The van der Waals surface area contributed by atoms with E-state index in [0.717, 1.165) is 25.2 Å². The third-order valence-electron chi connectivity index (χ3n) is 3.65. The van der Waals surface area contributed by atoms with E-state index in [4.69, 9.17) is 0 Å². The number of carboxylic acid groups (broad SMARTS) is 1. The molecule has 0 bridgehead atoms. The monoisotopic (exact) mass is 328 g/mol. The molecule has 22 heavy (non-hydrogen) atoms. The van der Waals surface area contributed by atoms with Crippen LogP contribution in [0.15, 0.2) is 23.1 Å². The number of carboxylic acids is 1. The minimum atomic E-state index is -3.73. The van der Waals surface area contributed by atoms with Crippen molar-refractivity contribution in [1.29, 1.82) is 0 Å². The third-order valence-corrected chi connectivity index (χ3v) is 4.78. The van der Waals surface area contributed by atoms with Crippen molar-refractivity contribution in [3.8, 4) is 0 Å². The topological polar surface area (TPSA) is 118 Å². The minimum absolute atomic E-state index is 0.209. The summed E-state index contributed by atoms with van der Waals surface area (Å²) in [6.45, 7) is 0.400. The summed E-state index contributed by atoms with van der Waals surface area (Å²) in [5, 5.41) is 20.2. The molecule has 1 aliphatic rings. The highest BCUT2D eigenvalue weighted by Crippen LogP contribution is 2.33. The lowest BCUT2D eigenvalue weighted by atomic mass is 10.0. The lowest BCUT2D eigenvalue weighted by molar-refractivity contribution is -0.385. The lowest BCUT2D eigenvalue weighted by Crippen LogP contribution is -2.45. The van der Waals surface area contributed by atoms with Crippen LogP contribution in [0.2, 0.25) is 0 Å². The number of hydrogen-bond donors (Lipinski definition) is 1. The van der Waals surface area contributed by atoms with Crippen LogP contribution in [0.1, 0.15) is 19.3 Å². The average Bonchev–Trinajstić information content (AvgIpc) is 2.45. The van der Waals surface area contributed by atoms with Crippen LogP contribution < -0.4 is 4.90 Å². The van der Waals surface area contributed by atoms with Gasteiger partial charge in [-0.2, -0.15) is 0 Å². The summed E-state index contributed by atoms with van der Waals surface area (Å²) in [6.07, 6.45) is 2.85. The minimum Gasteiger partial charge on any atom is -0.480 e. The first-order chi connectivity index (χ1) is 10.2. The maximum Gasteiger partial charge on any atom is 0.326 e. The Labute approximate surface area is 127 Å². The molecule has 1 atom stereocenters. The van der Waals surface area contributed by atoms with Gasteiger partial charge in [-0.25, -0.2) is 13.2 Å². The van der Waals surface area contributed by atoms with Crippen LogP contribution >= 0.6 is 0 Å². The number of aliphatic carboxylic acids is 1. The Morgan fingerprint density at radius 2 is 2.09 bits per heavy atom. The fourth-order valence-electron chi connectivity index (χ4n) is 2.63. The van der Waals surface area contributed by atoms with Gasteiger partial charge in [0, 0.05) is 24.9 Å². The molecule has 1 aliphatic heterocycles. The normalized spacial score (nSPS) is 19.0. The molecule has 0 aromatic heterocycles. The van der Waals surface area contributed by atoms with E-state index in [9.17, 15) is 28.4 Å². The number of piperidine rings is 1. The smallest absolute Gasteiger partial charge is 0.326 e. The number of hydrogen-bond acceptors (Lipinski definition) is 6. The zero-order valence-electron chi connectivity index (χ0n) is 11.9. The molecule has 1 aromatic rings. The van der Waals surface area contributed by atoms with Crippen LogP contribution in [-0.4, -0.2) is 43.3 Å². The van der Waals surface area contributed by atoms with E-state index in [2.05, 4.69) is 0 Å². The van der Waals surface area contributed by atoms with E-state index >= 15 is 0 Å².